The summed E-state index contributed by atoms with van der Waals surface area (Å²) in [5.74, 6) is 2.15. The van der Waals surface area contributed by atoms with Crippen molar-refractivity contribution in [3.8, 4) is 0 Å². The Morgan fingerprint density at radius 1 is 1.32 bits per heavy atom. The molecule has 1 rings (SSSR count). The molecule has 19 heavy (non-hydrogen) atoms. The van der Waals surface area contributed by atoms with Gasteiger partial charge in [-0.25, -0.2) is 0 Å². The van der Waals surface area contributed by atoms with Gasteiger partial charge in [-0.05, 0) is 31.4 Å². The molecule has 0 heterocycles. The van der Waals surface area contributed by atoms with Crippen LogP contribution in [-0.4, -0.2) is 22.3 Å². The smallest absolute Gasteiger partial charge is 0.0436 e. The van der Waals surface area contributed by atoms with Gasteiger partial charge in [-0.15, -0.1) is 0 Å². The Morgan fingerprint density at radius 3 is 2.63 bits per heavy atom. The van der Waals surface area contributed by atoms with E-state index in [2.05, 4.69) is 57.3 Å². The molecule has 0 aliphatic rings. The van der Waals surface area contributed by atoms with E-state index in [-0.39, 0.29) is 6.04 Å². The Bertz CT molecular complexity index is 403. The minimum absolute atomic E-state index is 0.206. The number of hydrogen-bond acceptors (Lipinski definition) is 2. The number of aryl methyl sites for hydroxylation is 1. The van der Waals surface area contributed by atoms with Gasteiger partial charge in [0.25, 0.3) is 0 Å². The second-order valence-electron chi connectivity index (χ2n) is 5.52. The maximum Gasteiger partial charge on any atom is 0.0436 e. The summed E-state index contributed by atoms with van der Waals surface area (Å²) >= 11 is 0. The highest BCUT2D eigenvalue weighted by Gasteiger charge is 2.14. The van der Waals surface area contributed by atoms with Crippen LogP contribution in [0.2, 0.25) is 0 Å². The summed E-state index contributed by atoms with van der Waals surface area (Å²) in [6.07, 6.45) is 1.04. The zero-order chi connectivity index (χ0) is 14.3. The number of hydrogen-bond donors (Lipinski definition) is 1. The lowest BCUT2D eigenvalue weighted by Gasteiger charge is -2.18. The Kier molecular flexibility index (Phi) is 7.32. The molecule has 0 aliphatic carbocycles. The molecule has 1 N–H and O–H groups in total. The summed E-state index contributed by atoms with van der Waals surface area (Å²) < 4.78 is 12.2. The zero-order valence-corrected chi connectivity index (χ0v) is 13.4. The molecule has 108 valence electrons. The molecule has 3 heteroatoms. The van der Waals surface area contributed by atoms with Crippen LogP contribution in [0.5, 0.6) is 0 Å². The first kappa shape index (κ1) is 16.4. The third-order valence-corrected chi connectivity index (χ3v) is 4.57. The molecule has 0 radical (unpaired) electrons. The van der Waals surface area contributed by atoms with E-state index in [9.17, 15) is 4.21 Å². The quantitative estimate of drug-likeness (QED) is 0.791. The highest BCUT2D eigenvalue weighted by molar-refractivity contribution is 7.85. The van der Waals surface area contributed by atoms with E-state index >= 15 is 0 Å². The van der Waals surface area contributed by atoms with Crippen molar-refractivity contribution < 1.29 is 4.21 Å². The lowest BCUT2D eigenvalue weighted by Crippen LogP contribution is -2.27. The van der Waals surface area contributed by atoms with Crippen molar-refractivity contribution in [3.05, 3.63) is 35.4 Å². The average Bonchev–Trinajstić information content (AvgIpc) is 2.36. The molecular formula is C16H27NOS. The van der Waals surface area contributed by atoms with E-state index in [0.717, 1.165) is 18.7 Å². The third-order valence-electron chi connectivity index (χ3n) is 3.17. The number of benzene rings is 1. The van der Waals surface area contributed by atoms with Gasteiger partial charge in [0.15, 0.2) is 0 Å². The third kappa shape index (κ3) is 6.35. The minimum atomic E-state index is -0.742. The number of nitrogens with one attached hydrogen (secondary N) is 1. The van der Waals surface area contributed by atoms with Crippen molar-refractivity contribution >= 4 is 10.8 Å². The van der Waals surface area contributed by atoms with Crippen LogP contribution in [0.3, 0.4) is 0 Å². The summed E-state index contributed by atoms with van der Waals surface area (Å²) in [5, 5.41) is 3.45. The normalized spacial score (nSPS) is 14.6. The standard InChI is InChI=1S/C16H27NOS/c1-5-17-16(12-19(18)10-9-13(2)3)15-8-6-7-14(4)11-15/h6-8,11,13,16-17H,5,9-10,12H2,1-4H3. The Balaban J connectivity index is 2.65. The molecule has 0 saturated heterocycles. The minimum Gasteiger partial charge on any atom is -0.309 e. The van der Waals surface area contributed by atoms with Crippen molar-refractivity contribution in [3.63, 3.8) is 0 Å². The van der Waals surface area contributed by atoms with E-state index in [1.54, 1.807) is 0 Å². The van der Waals surface area contributed by atoms with E-state index in [1.807, 2.05) is 0 Å². The molecule has 0 bridgehead atoms. The molecule has 1 aromatic rings. The fraction of sp³-hybridized carbons (Fsp3) is 0.625. The summed E-state index contributed by atoms with van der Waals surface area (Å²) in [5.41, 5.74) is 2.51. The molecule has 0 aliphatic heterocycles. The molecule has 0 spiro atoms. The first-order chi connectivity index (χ1) is 9.02. The number of rotatable bonds is 8. The largest absolute Gasteiger partial charge is 0.309 e. The van der Waals surface area contributed by atoms with Crippen LogP contribution in [-0.2, 0) is 10.8 Å². The fourth-order valence-electron chi connectivity index (χ4n) is 2.04. The molecule has 0 aromatic heterocycles. The predicted molar refractivity (Wildman–Crippen MR) is 84.9 cm³/mol. The molecule has 2 unspecified atom stereocenters. The monoisotopic (exact) mass is 281 g/mol. The molecule has 0 fully saturated rings. The molecule has 0 saturated carbocycles. The van der Waals surface area contributed by atoms with Crippen molar-refractivity contribution in [2.45, 2.75) is 40.2 Å². The van der Waals surface area contributed by atoms with Gasteiger partial charge in [-0.1, -0.05) is 50.6 Å². The van der Waals surface area contributed by atoms with Crippen molar-refractivity contribution in [2.24, 2.45) is 5.92 Å². The second-order valence-corrected chi connectivity index (χ2v) is 7.14. The molecule has 0 amide bonds. The SMILES string of the molecule is CCNC(CS(=O)CCC(C)C)c1cccc(C)c1. The van der Waals surface area contributed by atoms with Crippen LogP contribution in [0.4, 0.5) is 0 Å². The summed E-state index contributed by atoms with van der Waals surface area (Å²) in [7, 11) is -0.742. The summed E-state index contributed by atoms with van der Waals surface area (Å²) in [4.78, 5) is 0. The molecule has 2 nitrogen and oxygen atoms in total. The van der Waals surface area contributed by atoms with Crippen LogP contribution in [0, 0.1) is 12.8 Å². The van der Waals surface area contributed by atoms with Crippen molar-refractivity contribution in [1.29, 1.82) is 0 Å². The predicted octanol–water partition coefficient (Wildman–Crippen LogP) is 3.44. The van der Waals surface area contributed by atoms with E-state index < -0.39 is 10.8 Å². The van der Waals surface area contributed by atoms with Gasteiger partial charge < -0.3 is 5.32 Å². The maximum atomic E-state index is 12.2. The lowest BCUT2D eigenvalue weighted by molar-refractivity contribution is 0.586. The topological polar surface area (TPSA) is 29.1 Å². The van der Waals surface area contributed by atoms with Gasteiger partial charge >= 0.3 is 0 Å². The first-order valence-corrected chi connectivity index (χ1v) is 8.66. The summed E-state index contributed by atoms with van der Waals surface area (Å²) in [6.45, 7) is 9.46. The van der Waals surface area contributed by atoms with Crippen molar-refractivity contribution in [2.75, 3.05) is 18.1 Å². The van der Waals surface area contributed by atoms with E-state index in [1.165, 1.54) is 11.1 Å². The van der Waals surface area contributed by atoms with Crippen LogP contribution < -0.4 is 5.32 Å². The molecular weight excluding hydrogens is 254 g/mol. The Hall–Kier alpha value is -0.670. The van der Waals surface area contributed by atoms with E-state index in [4.69, 9.17) is 0 Å². The van der Waals surface area contributed by atoms with Crippen LogP contribution >= 0.6 is 0 Å². The van der Waals surface area contributed by atoms with E-state index in [0.29, 0.717) is 11.7 Å². The molecule has 2 atom stereocenters. The lowest BCUT2D eigenvalue weighted by atomic mass is 10.1. The van der Waals surface area contributed by atoms with Crippen molar-refractivity contribution in [1.82, 2.24) is 5.32 Å². The maximum absolute atomic E-state index is 12.2. The Morgan fingerprint density at radius 2 is 2.05 bits per heavy atom. The average molecular weight is 281 g/mol. The van der Waals surface area contributed by atoms with Crippen LogP contribution in [0.15, 0.2) is 24.3 Å². The van der Waals surface area contributed by atoms with Gasteiger partial charge in [0.1, 0.15) is 0 Å². The molecule has 1 aromatic carbocycles. The van der Waals surface area contributed by atoms with Crippen LogP contribution in [0.1, 0.15) is 44.4 Å². The highest BCUT2D eigenvalue weighted by Crippen LogP contribution is 2.16. The van der Waals surface area contributed by atoms with Gasteiger partial charge in [0.05, 0.1) is 0 Å². The second kappa shape index (κ2) is 8.49. The van der Waals surface area contributed by atoms with Gasteiger partial charge in [0.2, 0.25) is 0 Å². The first-order valence-electron chi connectivity index (χ1n) is 7.17. The zero-order valence-electron chi connectivity index (χ0n) is 12.6. The van der Waals surface area contributed by atoms with Gasteiger partial charge in [-0.3, -0.25) is 4.21 Å². The Labute approximate surface area is 120 Å². The van der Waals surface area contributed by atoms with Gasteiger partial charge in [-0.2, -0.15) is 0 Å². The fourth-order valence-corrected chi connectivity index (χ4v) is 3.63. The van der Waals surface area contributed by atoms with Gasteiger partial charge in [0, 0.05) is 28.3 Å². The summed E-state index contributed by atoms with van der Waals surface area (Å²) in [6, 6.07) is 8.69. The van der Waals surface area contributed by atoms with Crippen LogP contribution in [0.25, 0.3) is 0 Å². The highest BCUT2D eigenvalue weighted by atomic mass is 32.2.